The first-order valence-electron chi connectivity index (χ1n) is 9.07. The number of anilines is 1. The van der Waals surface area contributed by atoms with Crippen molar-refractivity contribution in [1.82, 2.24) is 19.7 Å². The van der Waals surface area contributed by atoms with E-state index in [-0.39, 0.29) is 12.6 Å². The van der Waals surface area contributed by atoms with Gasteiger partial charge < -0.3 is 20.2 Å². The van der Waals surface area contributed by atoms with Crippen molar-refractivity contribution in [3.8, 4) is 11.1 Å². The lowest BCUT2D eigenvalue weighted by Gasteiger charge is -2.12. The molecule has 3 heterocycles. The number of nitrogens with two attached hydrogens (primary N) is 1. The van der Waals surface area contributed by atoms with Crippen LogP contribution >= 0.6 is 0 Å². The Morgan fingerprint density at radius 1 is 1.28 bits per heavy atom. The maximum atomic E-state index is 12.6. The van der Waals surface area contributed by atoms with Gasteiger partial charge in [-0.05, 0) is 49.2 Å². The molecule has 0 spiro atoms. The Labute approximate surface area is 165 Å². The van der Waals surface area contributed by atoms with E-state index in [0.29, 0.717) is 22.4 Å². The molecule has 0 saturated heterocycles. The van der Waals surface area contributed by atoms with E-state index < -0.39 is 17.9 Å². The Hall–Kier alpha value is -3.88. The summed E-state index contributed by atoms with van der Waals surface area (Å²) in [6, 6.07) is 8.58. The lowest BCUT2D eigenvalue weighted by molar-refractivity contribution is -0.144. The van der Waals surface area contributed by atoms with Gasteiger partial charge in [0.05, 0.1) is 12.8 Å². The number of aromatic nitrogens is 3. The molecule has 9 heteroatoms. The first kappa shape index (κ1) is 18.5. The molecule has 1 atom stereocenters. The number of nitrogen functional groups attached to an aromatic ring is 1. The van der Waals surface area contributed by atoms with Crippen LogP contribution in [0, 0.1) is 0 Å². The maximum Gasteiger partial charge on any atom is 0.328 e. The largest absolute Gasteiger partial charge is 0.464 e. The first-order chi connectivity index (χ1) is 14.0. The molecular weight excluding hydrogens is 374 g/mol. The van der Waals surface area contributed by atoms with Gasteiger partial charge in [-0.2, -0.15) is 4.98 Å². The third-order valence-corrected chi connectivity index (χ3v) is 4.46. The summed E-state index contributed by atoms with van der Waals surface area (Å²) in [5, 5.41) is 2.63. The monoisotopic (exact) mass is 393 g/mol. The number of carbonyl (C=O) groups is 2. The van der Waals surface area contributed by atoms with Crippen LogP contribution in [0.4, 0.5) is 6.01 Å². The third kappa shape index (κ3) is 3.49. The number of nitrogens with one attached hydrogen (secondary N) is 1. The molecule has 148 valence electrons. The molecule has 0 aliphatic rings. The molecule has 0 radical (unpaired) electrons. The summed E-state index contributed by atoms with van der Waals surface area (Å²) < 4.78 is 11.9. The fraction of sp³-hybridized carbons (Fsp3) is 0.200. The molecule has 0 unspecified atom stereocenters. The Balaban J connectivity index is 1.66. The van der Waals surface area contributed by atoms with E-state index in [9.17, 15) is 9.59 Å². The van der Waals surface area contributed by atoms with E-state index in [1.807, 2.05) is 24.3 Å². The third-order valence-electron chi connectivity index (χ3n) is 4.46. The molecule has 4 aromatic rings. The highest BCUT2D eigenvalue weighted by molar-refractivity contribution is 5.96. The van der Waals surface area contributed by atoms with Crippen molar-refractivity contribution in [2.75, 3.05) is 12.3 Å². The Morgan fingerprint density at radius 2 is 2.07 bits per heavy atom. The zero-order valence-corrected chi connectivity index (χ0v) is 15.9. The topological polar surface area (TPSA) is 125 Å². The number of ether oxygens (including phenoxy) is 1. The average molecular weight is 393 g/mol. The Kier molecular flexibility index (Phi) is 4.63. The van der Waals surface area contributed by atoms with Crippen LogP contribution in [0.5, 0.6) is 0 Å². The second-order valence-electron chi connectivity index (χ2n) is 6.47. The van der Waals surface area contributed by atoms with Gasteiger partial charge in [0.1, 0.15) is 22.9 Å². The van der Waals surface area contributed by atoms with Gasteiger partial charge in [-0.15, -0.1) is 0 Å². The molecule has 9 nitrogen and oxygen atoms in total. The average Bonchev–Trinajstić information content (AvgIpc) is 3.29. The number of esters is 1. The normalized spacial score (nSPS) is 12.2. The SMILES string of the molecule is CCOC(=O)[C@H](C)NC(=O)c1cnc2ccc(-c3ccc4oc(N)nc4c3)cn12. The van der Waals surface area contributed by atoms with Gasteiger partial charge in [-0.1, -0.05) is 6.07 Å². The highest BCUT2D eigenvalue weighted by Crippen LogP contribution is 2.26. The van der Waals surface area contributed by atoms with Crippen molar-refractivity contribution in [1.29, 1.82) is 0 Å². The first-order valence-corrected chi connectivity index (χ1v) is 9.07. The second-order valence-corrected chi connectivity index (χ2v) is 6.47. The predicted molar refractivity (Wildman–Crippen MR) is 106 cm³/mol. The van der Waals surface area contributed by atoms with Crippen molar-refractivity contribution in [2.45, 2.75) is 19.9 Å². The molecule has 0 bridgehead atoms. The van der Waals surface area contributed by atoms with Crippen LogP contribution in [0.15, 0.2) is 47.1 Å². The number of fused-ring (bicyclic) bond motifs is 2. The standard InChI is InChI=1S/C20H19N5O4/c1-3-28-19(27)11(2)23-18(26)15-9-22-17-7-5-13(10-25(15)17)12-4-6-16-14(8-12)24-20(21)29-16/h4-11H,3H2,1-2H3,(H2,21,24)(H,23,26)/t11-/m0/s1. The number of hydrogen-bond acceptors (Lipinski definition) is 7. The van der Waals surface area contributed by atoms with Crippen LogP contribution in [0.2, 0.25) is 0 Å². The molecule has 3 N–H and O–H groups in total. The lowest BCUT2D eigenvalue weighted by Crippen LogP contribution is -2.40. The van der Waals surface area contributed by atoms with Crippen LogP contribution in [0.1, 0.15) is 24.3 Å². The molecule has 4 rings (SSSR count). The molecule has 0 aliphatic carbocycles. The highest BCUT2D eigenvalue weighted by atomic mass is 16.5. The van der Waals surface area contributed by atoms with Crippen LogP contribution in [0.3, 0.4) is 0 Å². The number of nitrogens with zero attached hydrogens (tertiary/aromatic N) is 3. The fourth-order valence-corrected chi connectivity index (χ4v) is 3.04. The van der Waals surface area contributed by atoms with Crippen molar-refractivity contribution in [3.63, 3.8) is 0 Å². The summed E-state index contributed by atoms with van der Waals surface area (Å²) in [4.78, 5) is 32.8. The Bertz CT molecular complexity index is 1230. The smallest absolute Gasteiger partial charge is 0.328 e. The number of benzene rings is 1. The summed E-state index contributed by atoms with van der Waals surface area (Å²) in [5.41, 5.74) is 9.50. The quantitative estimate of drug-likeness (QED) is 0.499. The van der Waals surface area contributed by atoms with Gasteiger partial charge >= 0.3 is 5.97 Å². The van der Waals surface area contributed by atoms with Gasteiger partial charge in [-0.3, -0.25) is 9.20 Å². The number of hydrogen-bond donors (Lipinski definition) is 2. The summed E-state index contributed by atoms with van der Waals surface area (Å²) in [6.07, 6.45) is 3.27. The zero-order valence-electron chi connectivity index (χ0n) is 15.9. The van der Waals surface area contributed by atoms with E-state index in [2.05, 4.69) is 15.3 Å². The molecule has 3 aromatic heterocycles. The number of carbonyl (C=O) groups excluding carboxylic acids is 2. The summed E-state index contributed by atoms with van der Waals surface area (Å²) in [6.45, 7) is 3.53. The fourth-order valence-electron chi connectivity index (χ4n) is 3.04. The minimum atomic E-state index is -0.767. The van der Waals surface area contributed by atoms with Crippen molar-refractivity contribution >= 4 is 34.6 Å². The predicted octanol–water partition coefficient (Wildman–Crippen LogP) is 2.41. The molecule has 1 aromatic carbocycles. The van der Waals surface area contributed by atoms with Gasteiger partial charge in [0.15, 0.2) is 5.58 Å². The van der Waals surface area contributed by atoms with E-state index >= 15 is 0 Å². The molecule has 1 amide bonds. The number of pyridine rings is 1. The van der Waals surface area contributed by atoms with Crippen LogP contribution in [-0.2, 0) is 9.53 Å². The lowest BCUT2D eigenvalue weighted by atomic mass is 10.1. The number of imidazole rings is 1. The van der Waals surface area contributed by atoms with E-state index in [1.54, 1.807) is 30.5 Å². The van der Waals surface area contributed by atoms with Gasteiger partial charge in [-0.25, -0.2) is 9.78 Å². The van der Waals surface area contributed by atoms with Gasteiger partial charge in [0.25, 0.3) is 11.9 Å². The molecule has 0 aliphatic heterocycles. The Morgan fingerprint density at radius 3 is 2.86 bits per heavy atom. The number of rotatable bonds is 5. The minimum absolute atomic E-state index is 0.108. The van der Waals surface area contributed by atoms with E-state index in [1.165, 1.54) is 6.20 Å². The van der Waals surface area contributed by atoms with Crippen LogP contribution in [0.25, 0.3) is 27.9 Å². The molecular formula is C20H19N5O4. The minimum Gasteiger partial charge on any atom is -0.464 e. The zero-order chi connectivity index (χ0) is 20.5. The van der Waals surface area contributed by atoms with Crippen molar-refractivity contribution in [2.24, 2.45) is 0 Å². The van der Waals surface area contributed by atoms with Crippen molar-refractivity contribution in [3.05, 3.63) is 48.4 Å². The van der Waals surface area contributed by atoms with Crippen LogP contribution < -0.4 is 11.1 Å². The molecule has 0 fully saturated rings. The second kappa shape index (κ2) is 7.27. The van der Waals surface area contributed by atoms with Crippen molar-refractivity contribution < 1.29 is 18.7 Å². The number of amides is 1. The van der Waals surface area contributed by atoms with E-state index in [0.717, 1.165) is 11.1 Å². The summed E-state index contributed by atoms with van der Waals surface area (Å²) in [5.74, 6) is -0.912. The molecule has 29 heavy (non-hydrogen) atoms. The maximum absolute atomic E-state index is 12.6. The van der Waals surface area contributed by atoms with Gasteiger partial charge in [0, 0.05) is 6.20 Å². The van der Waals surface area contributed by atoms with E-state index in [4.69, 9.17) is 14.9 Å². The summed E-state index contributed by atoms with van der Waals surface area (Å²) >= 11 is 0. The molecule has 0 saturated carbocycles. The number of oxazole rings is 1. The van der Waals surface area contributed by atoms with Crippen LogP contribution in [-0.4, -0.2) is 38.9 Å². The summed E-state index contributed by atoms with van der Waals surface area (Å²) in [7, 11) is 0. The van der Waals surface area contributed by atoms with Gasteiger partial charge in [0.2, 0.25) is 0 Å². The highest BCUT2D eigenvalue weighted by Gasteiger charge is 2.20.